The van der Waals surface area contributed by atoms with Crippen molar-refractivity contribution in [3.05, 3.63) is 83.9 Å². The number of anilines is 1. The number of ether oxygens (including phenoxy) is 2. The SMILES string of the molecule is COc1ccc2nc(NC(=O)COC(=O)c3cccc(S(=O)(=O)NCc4ccccc4)c3)sc2c1. The third kappa shape index (κ3) is 6.21. The van der Waals surface area contributed by atoms with E-state index in [9.17, 15) is 18.0 Å². The molecule has 0 aliphatic rings. The van der Waals surface area contributed by atoms with Gasteiger partial charge in [-0.05, 0) is 42.0 Å². The Morgan fingerprint density at radius 2 is 1.80 bits per heavy atom. The van der Waals surface area contributed by atoms with Crippen LogP contribution >= 0.6 is 11.3 Å². The number of carbonyl (C=O) groups is 2. The normalized spacial score (nSPS) is 11.2. The van der Waals surface area contributed by atoms with Crippen molar-refractivity contribution in [2.24, 2.45) is 0 Å². The van der Waals surface area contributed by atoms with Gasteiger partial charge < -0.3 is 9.47 Å². The Labute approximate surface area is 205 Å². The fraction of sp³-hybridized carbons (Fsp3) is 0.125. The average molecular weight is 512 g/mol. The Bertz CT molecular complexity index is 1470. The topological polar surface area (TPSA) is 124 Å². The molecular formula is C24H21N3O6S2. The zero-order chi connectivity index (χ0) is 24.8. The van der Waals surface area contributed by atoms with Crippen molar-refractivity contribution in [1.82, 2.24) is 9.71 Å². The van der Waals surface area contributed by atoms with Gasteiger partial charge in [0, 0.05) is 6.54 Å². The summed E-state index contributed by atoms with van der Waals surface area (Å²) in [5.74, 6) is -0.723. The second kappa shape index (κ2) is 10.6. The first-order valence-electron chi connectivity index (χ1n) is 10.4. The summed E-state index contributed by atoms with van der Waals surface area (Å²) in [5, 5.41) is 2.94. The Kier molecular flexibility index (Phi) is 7.39. The highest BCUT2D eigenvalue weighted by atomic mass is 32.2. The molecule has 0 aliphatic heterocycles. The van der Waals surface area contributed by atoms with E-state index in [1.807, 2.05) is 18.2 Å². The molecule has 4 aromatic rings. The molecule has 180 valence electrons. The van der Waals surface area contributed by atoms with E-state index in [-0.39, 0.29) is 17.0 Å². The Hall–Kier alpha value is -3.80. The molecule has 1 amide bonds. The summed E-state index contributed by atoms with van der Waals surface area (Å²) in [6.07, 6.45) is 0. The number of nitrogens with one attached hydrogen (secondary N) is 2. The maximum absolute atomic E-state index is 12.6. The molecule has 0 unspecified atom stereocenters. The van der Waals surface area contributed by atoms with Crippen molar-refractivity contribution in [2.45, 2.75) is 11.4 Å². The van der Waals surface area contributed by atoms with Crippen LogP contribution in [0.5, 0.6) is 5.75 Å². The number of rotatable bonds is 9. The minimum Gasteiger partial charge on any atom is -0.497 e. The lowest BCUT2D eigenvalue weighted by Crippen LogP contribution is -2.24. The van der Waals surface area contributed by atoms with E-state index in [2.05, 4.69) is 15.0 Å². The molecule has 0 fully saturated rings. The van der Waals surface area contributed by atoms with E-state index >= 15 is 0 Å². The summed E-state index contributed by atoms with van der Waals surface area (Å²) in [6, 6.07) is 19.8. The zero-order valence-corrected chi connectivity index (χ0v) is 20.2. The molecule has 0 radical (unpaired) electrons. The highest BCUT2D eigenvalue weighted by molar-refractivity contribution is 7.89. The molecule has 0 atom stereocenters. The first-order valence-corrected chi connectivity index (χ1v) is 12.7. The number of esters is 1. The Morgan fingerprint density at radius 1 is 1.00 bits per heavy atom. The van der Waals surface area contributed by atoms with Gasteiger partial charge in [-0.1, -0.05) is 47.7 Å². The van der Waals surface area contributed by atoms with Gasteiger partial charge in [-0.15, -0.1) is 0 Å². The van der Waals surface area contributed by atoms with E-state index in [4.69, 9.17) is 9.47 Å². The van der Waals surface area contributed by atoms with Gasteiger partial charge in [0.2, 0.25) is 10.0 Å². The van der Waals surface area contributed by atoms with Gasteiger partial charge in [-0.2, -0.15) is 0 Å². The third-order valence-corrected chi connectivity index (χ3v) is 7.20. The number of hydrogen-bond acceptors (Lipinski definition) is 8. The summed E-state index contributed by atoms with van der Waals surface area (Å²) < 4.78 is 38.8. The average Bonchev–Trinajstić information content (AvgIpc) is 3.28. The van der Waals surface area contributed by atoms with Crippen LogP contribution in [0, 0.1) is 0 Å². The number of aromatic nitrogens is 1. The number of hydrogen-bond donors (Lipinski definition) is 2. The maximum atomic E-state index is 12.6. The molecule has 0 saturated heterocycles. The van der Waals surface area contributed by atoms with Crippen molar-refractivity contribution in [3.8, 4) is 5.75 Å². The summed E-state index contributed by atoms with van der Waals surface area (Å²) in [6.45, 7) is -0.447. The number of nitrogens with zero attached hydrogens (tertiary/aromatic N) is 1. The maximum Gasteiger partial charge on any atom is 0.338 e. The van der Waals surface area contributed by atoms with Crippen molar-refractivity contribution in [2.75, 3.05) is 19.0 Å². The number of carbonyl (C=O) groups excluding carboxylic acids is 2. The van der Waals surface area contributed by atoms with Gasteiger partial charge in [0.15, 0.2) is 11.7 Å². The van der Waals surface area contributed by atoms with E-state index < -0.39 is 28.5 Å². The first kappa shape index (κ1) is 24.3. The van der Waals surface area contributed by atoms with Gasteiger partial charge in [0.1, 0.15) is 5.75 Å². The lowest BCUT2D eigenvalue weighted by molar-refractivity contribution is -0.119. The largest absolute Gasteiger partial charge is 0.497 e. The van der Waals surface area contributed by atoms with Crippen LogP contribution in [-0.4, -0.2) is 39.0 Å². The van der Waals surface area contributed by atoms with Crippen LogP contribution in [0.25, 0.3) is 10.2 Å². The molecule has 1 aromatic heterocycles. The van der Waals surface area contributed by atoms with Gasteiger partial charge in [0.25, 0.3) is 5.91 Å². The molecule has 9 nitrogen and oxygen atoms in total. The summed E-state index contributed by atoms with van der Waals surface area (Å²) in [4.78, 5) is 28.9. The summed E-state index contributed by atoms with van der Waals surface area (Å²) in [5.41, 5.74) is 1.50. The summed E-state index contributed by atoms with van der Waals surface area (Å²) in [7, 11) is -2.30. The number of fused-ring (bicyclic) bond motifs is 1. The smallest absolute Gasteiger partial charge is 0.338 e. The summed E-state index contributed by atoms with van der Waals surface area (Å²) >= 11 is 1.26. The fourth-order valence-electron chi connectivity index (χ4n) is 3.10. The molecule has 11 heteroatoms. The molecular weight excluding hydrogens is 490 g/mol. The predicted molar refractivity (Wildman–Crippen MR) is 132 cm³/mol. The van der Waals surface area contributed by atoms with Gasteiger partial charge in [-0.25, -0.2) is 22.9 Å². The second-order valence-corrected chi connectivity index (χ2v) is 10.1. The molecule has 4 rings (SSSR count). The Balaban J connectivity index is 1.35. The molecule has 0 bridgehead atoms. The molecule has 0 aliphatic carbocycles. The molecule has 2 N–H and O–H groups in total. The molecule has 1 heterocycles. The van der Waals surface area contributed by atoms with Crippen LogP contribution in [0.2, 0.25) is 0 Å². The minimum absolute atomic E-state index is 0.00692. The van der Waals surface area contributed by atoms with E-state index in [1.54, 1.807) is 37.4 Å². The molecule has 0 spiro atoms. The van der Waals surface area contributed by atoms with Crippen LogP contribution < -0.4 is 14.8 Å². The van der Waals surface area contributed by atoms with Crippen molar-refractivity contribution >= 4 is 48.6 Å². The fourth-order valence-corrected chi connectivity index (χ4v) is 5.08. The van der Waals surface area contributed by atoms with Gasteiger partial charge in [-0.3, -0.25) is 10.1 Å². The van der Waals surface area contributed by atoms with Gasteiger partial charge >= 0.3 is 5.97 Å². The molecule has 0 saturated carbocycles. The number of benzene rings is 3. The zero-order valence-electron chi connectivity index (χ0n) is 18.6. The molecule has 35 heavy (non-hydrogen) atoms. The number of methoxy groups -OCH3 is 1. The molecule has 3 aromatic carbocycles. The van der Waals surface area contributed by atoms with Crippen LogP contribution in [-0.2, 0) is 26.1 Å². The van der Waals surface area contributed by atoms with Crippen LogP contribution in [0.4, 0.5) is 5.13 Å². The van der Waals surface area contributed by atoms with Crippen molar-refractivity contribution in [3.63, 3.8) is 0 Å². The third-order valence-electron chi connectivity index (χ3n) is 4.87. The lowest BCUT2D eigenvalue weighted by Gasteiger charge is -2.09. The first-order chi connectivity index (χ1) is 16.8. The monoisotopic (exact) mass is 511 g/mol. The number of sulfonamides is 1. The van der Waals surface area contributed by atoms with E-state index in [0.29, 0.717) is 16.4 Å². The predicted octanol–water partition coefficient (Wildman–Crippen LogP) is 3.58. The highest BCUT2D eigenvalue weighted by Crippen LogP contribution is 2.29. The quantitative estimate of drug-likeness (QED) is 0.329. The number of amides is 1. The van der Waals surface area contributed by atoms with Crippen molar-refractivity contribution in [1.29, 1.82) is 0 Å². The minimum atomic E-state index is -3.86. The van der Waals surface area contributed by atoms with Crippen LogP contribution in [0.3, 0.4) is 0 Å². The van der Waals surface area contributed by atoms with Crippen molar-refractivity contribution < 1.29 is 27.5 Å². The van der Waals surface area contributed by atoms with E-state index in [1.165, 1.54) is 35.6 Å². The number of thiazole rings is 1. The second-order valence-electron chi connectivity index (χ2n) is 7.31. The highest BCUT2D eigenvalue weighted by Gasteiger charge is 2.18. The standard InChI is InChI=1S/C24H21N3O6S2/c1-32-18-10-11-20-21(13-18)34-24(26-20)27-22(28)15-33-23(29)17-8-5-9-19(12-17)35(30,31)25-14-16-6-3-2-4-7-16/h2-13,25H,14-15H2,1H3,(H,26,27,28). The van der Waals surface area contributed by atoms with Gasteiger partial charge in [0.05, 0.1) is 27.8 Å². The Morgan fingerprint density at radius 3 is 2.57 bits per heavy atom. The van der Waals surface area contributed by atoms with Crippen LogP contribution in [0.1, 0.15) is 15.9 Å². The van der Waals surface area contributed by atoms with E-state index in [0.717, 1.165) is 10.3 Å². The van der Waals surface area contributed by atoms with Crippen LogP contribution in [0.15, 0.2) is 77.7 Å². The lowest BCUT2D eigenvalue weighted by atomic mass is 10.2.